The van der Waals surface area contributed by atoms with Crippen molar-refractivity contribution < 1.29 is 9.90 Å². The van der Waals surface area contributed by atoms with Crippen LogP contribution in [0.1, 0.15) is 21.5 Å². The van der Waals surface area contributed by atoms with Crippen molar-refractivity contribution in [2.24, 2.45) is 0 Å². The number of hydrogen-bond donors (Lipinski definition) is 4. The number of aromatic nitrogens is 2. The summed E-state index contributed by atoms with van der Waals surface area (Å²) in [4.78, 5) is 12.3. The highest BCUT2D eigenvalue weighted by atomic mass is 16.3. The number of benzene rings is 2. The van der Waals surface area contributed by atoms with Crippen molar-refractivity contribution >= 4 is 16.8 Å². The minimum atomic E-state index is -0.644. The molecule has 2 heterocycles. The van der Waals surface area contributed by atoms with Crippen LogP contribution < -0.4 is 10.6 Å². The highest BCUT2D eigenvalue weighted by Gasteiger charge is 2.24. The molecule has 4 N–H and O–H groups in total. The normalized spacial score (nSPS) is 17.9. The lowest BCUT2D eigenvalue weighted by Crippen LogP contribution is -2.49. The van der Waals surface area contributed by atoms with Crippen LogP contribution in [0.25, 0.3) is 10.9 Å². The first-order valence-electron chi connectivity index (χ1n) is 8.40. The van der Waals surface area contributed by atoms with Gasteiger partial charge in [-0.1, -0.05) is 24.3 Å². The molecule has 1 aromatic heterocycles. The van der Waals surface area contributed by atoms with Crippen LogP contribution in [0.4, 0.5) is 0 Å². The average molecular weight is 336 g/mol. The Morgan fingerprint density at radius 2 is 2.12 bits per heavy atom. The van der Waals surface area contributed by atoms with Gasteiger partial charge in [-0.05, 0) is 35.7 Å². The van der Waals surface area contributed by atoms with E-state index in [4.69, 9.17) is 0 Å². The molecule has 0 saturated carbocycles. The molecular weight excluding hydrogens is 316 g/mol. The van der Waals surface area contributed by atoms with E-state index in [2.05, 4.69) is 33.0 Å². The van der Waals surface area contributed by atoms with Crippen LogP contribution in [0.15, 0.2) is 48.7 Å². The third-order valence-corrected chi connectivity index (χ3v) is 4.75. The largest absolute Gasteiger partial charge is 0.390 e. The summed E-state index contributed by atoms with van der Waals surface area (Å²) >= 11 is 0. The van der Waals surface area contributed by atoms with E-state index in [1.165, 1.54) is 11.1 Å². The second kappa shape index (κ2) is 6.66. The summed E-state index contributed by atoms with van der Waals surface area (Å²) in [6.07, 6.45) is 1.80. The lowest BCUT2D eigenvalue weighted by atomic mass is 9.93. The molecular formula is C19H20N4O2. The van der Waals surface area contributed by atoms with Gasteiger partial charge in [-0.3, -0.25) is 9.89 Å². The van der Waals surface area contributed by atoms with Crippen molar-refractivity contribution in [1.82, 2.24) is 20.8 Å². The summed E-state index contributed by atoms with van der Waals surface area (Å²) in [5, 5.41) is 24.3. The minimum Gasteiger partial charge on any atom is -0.390 e. The molecule has 0 saturated heterocycles. The van der Waals surface area contributed by atoms with E-state index in [1.807, 2.05) is 18.2 Å². The van der Waals surface area contributed by atoms with Gasteiger partial charge in [0.2, 0.25) is 0 Å². The molecule has 0 spiro atoms. The summed E-state index contributed by atoms with van der Waals surface area (Å²) in [7, 11) is 0. The molecule has 1 amide bonds. The van der Waals surface area contributed by atoms with Gasteiger partial charge in [0.15, 0.2) is 0 Å². The van der Waals surface area contributed by atoms with Gasteiger partial charge in [0.25, 0.3) is 5.91 Å². The van der Waals surface area contributed by atoms with Gasteiger partial charge in [-0.15, -0.1) is 0 Å². The number of nitrogens with zero attached hydrogens (tertiary/aromatic N) is 1. The number of rotatable bonds is 4. The van der Waals surface area contributed by atoms with Gasteiger partial charge in [0, 0.05) is 30.1 Å². The number of aliphatic hydroxyl groups excluding tert-OH is 1. The molecule has 4 rings (SSSR count). The van der Waals surface area contributed by atoms with E-state index in [0.717, 1.165) is 23.9 Å². The standard InChI is InChI=1S/C19H20N4O2/c24-18(17-8-12-3-1-2-4-14(12)9-20-17)11-21-19(25)13-5-6-16-15(7-13)10-22-23-16/h1-7,10,17-18,20,24H,8-9,11H2,(H,21,25)(H,22,23). The van der Waals surface area contributed by atoms with Gasteiger partial charge in [0.1, 0.15) is 0 Å². The Bertz CT molecular complexity index is 905. The van der Waals surface area contributed by atoms with Gasteiger partial charge in [-0.25, -0.2) is 0 Å². The zero-order valence-corrected chi connectivity index (χ0v) is 13.7. The highest BCUT2D eigenvalue weighted by Crippen LogP contribution is 2.18. The average Bonchev–Trinajstić information content (AvgIpc) is 3.13. The van der Waals surface area contributed by atoms with E-state index < -0.39 is 6.10 Å². The molecule has 2 atom stereocenters. The first-order valence-corrected chi connectivity index (χ1v) is 8.40. The number of amides is 1. The zero-order chi connectivity index (χ0) is 17.2. The van der Waals surface area contributed by atoms with Gasteiger partial charge < -0.3 is 15.7 Å². The van der Waals surface area contributed by atoms with Gasteiger partial charge in [-0.2, -0.15) is 5.10 Å². The van der Waals surface area contributed by atoms with E-state index in [9.17, 15) is 9.90 Å². The predicted molar refractivity (Wildman–Crippen MR) is 95.2 cm³/mol. The number of fused-ring (bicyclic) bond motifs is 2. The van der Waals surface area contributed by atoms with Gasteiger partial charge in [0.05, 0.1) is 17.8 Å². The predicted octanol–water partition coefficient (Wildman–Crippen LogP) is 1.37. The third-order valence-electron chi connectivity index (χ3n) is 4.75. The number of hydrogen-bond acceptors (Lipinski definition) is 4. The smallest absolute Gasteiger partial charge is 0.251 e. The summed E-state index contributed by atoms with van der Waals surface area (Å²) in [5.41, 5.74) is 3.97. The Morgan fingerprint density at radius 1 is 1.28 bits per heavy atom. The lowest BCUT2D eigenvalue weighted by Gasteiger charge is -2.30. The van der Waals surface area contributed by atoms with E-state index in [1.54, 1.807) is 18.3 Å². The number of aliphatic hydroxyl groups is 1. The fraction of sp³-hybridized carbons (Fsp3) is 0.263. The molecule has 3 aromatic rings. The maximum absolute atomic E-state index is 12.3. The van der Waals surface area contributed by atoms with Crippen LogP contribution in [0, 0.1) is 0 Å². The SMILES string of the molecule is O=C(NCC(O)C1Cc2ccccc2CN1)c1ccc2[nH]ncc2c1. The second-order valence-electron chi connectivity index (χ2n) is 6.41. The van der Waals surface area contributed by atoms with Crippen LogP contribution in [0.5, 0.6) is 0 Å². The topological polar surface area (TPSA) is 90.0 Å². The van der Waals surface area contributed by atoms with Crippen LogP contribution in [-0.2, 0) is 13.0 Å². The van der Waals surface area contributed by atoms with Gasteiger partial charge >= 0.3 is 0 Å². The molecule has 0 radical (unpaired) electrons. The Hall–Kier alpha value is -2.70. The molecule has 2 aromatic carbocycles. The summed E-state index contributed by atoms with van der Waals surface area (Å²) in [6.45, 7) is 0.949. The Labute approximate surface area is 145 Å². The Balaban J connectivity index is 1.37. The van der Waals surface area contributed by atoms with Crippen LogP contribution in [-0.4, -0.2) is 39.9 Å². The fourth-order valence-corrected chi connectivity index (χ4v) is 3.28. The zero-order valence-electron chi connectivity index (χ0n) is 13.7. The quantitative estimate of drug-likeness (QED) is 0.579. The molecule has 6 heteroatoms. The number of H-pyrrole nitrogens is 1. The molecule has 1 aliphatic rings. The molecule has 0 aliphatic carbocycles. The first kappa shape index (κ1) is 15.8. The van der Waals surface area contributed by atoms with Crippen LogP contribution in [0.3, 0.4) is 0 Å². The summed E-state index contributed by atoms with van der Waals surface area (Å²) in [5.74, 6) is -0.196. The summed E-state index contributed by atoms with van der Waals surface area (Å²) in [6, 6.07) is 13.5. The van der Waals surface area contributed by atoms with Crippen molar-refractivity contribution in [1.29, 1.82) is 0 Å². The summed E-state index contributed by atoms with van der Waals surface area (Å²) < 4.78 is 0. The molecule has 2 unspecified atom stereocenters. The molecule has 128 valence electrons. The molecule has 6 nitrogen and oxygen atoms in total. The van der Waals surface area contributed by atoms with Crippen molar-refractivity contribution in [3.63, 3.8) is 0 Å². The van der Waals surface area contributed by atoms with Crippen molar-refractivity contribution in [2.75, 3.05) is 6.54 Å². The van der Waals surface area contributed by atoms with Crippen LogP contribution in [0.2, 0.25) is 0 Å². The number of carbonyl (C=O) groups is 1. The van der Waals surface area contributed by atoms with E-state index >= 15 is 0 Å². The first-order chi connectivity index (χ1) is 12.2. The fourth-order valence-electron chi connectivity index (χ4n) is 3.28. The minimum absolute atomic E-state index is 0.0634. The number of carbonyl (C=O) groups excluding carboxylic acids is 1. The maximum Gasteiger partial charge on any atom is 0.251 e. The Kier molecular flexibility index (Phi) is 4.21. The highest BCUT2D eigenvalue weighted by molar-refractivity contribution is 5.97. The molecule has 0 bridgehead atoms. The lowest BCUT2D eigenvalue weighted by molar-refractivity contribution is 0.0870. The van der Waals surface area contributed by atoms with E-state index in [-0.39, 0.29) is 18.5 Å². The van der Waals surface area contributed by atoms with Crippen molar-refractivity contribution in [3.05, 3.63) is 65.4 Å². The maximum atomic E-state index is 12.3. The van der Waals surface area contributed by atoms with Crippen molar-refractivity contribution in [2.45, 2.75) is 25.1 Å². The molecule has 25 heavy (non-hydrogen) atoms. The number of nitrogens with one attached hydrogen (secondary N) is 3. The van der Waals surface area contributed by atoms with Crippen LogP contribution >= 0.6 is 0 Å². The molecule has 0 fully saturated rings. The molecule has 1 aliphatic heterocycles. The third kappa shape index (κ3) is 3.26. The number of aromatic amines is 1. The monoisotopic (exact) mass is 336 g/mol. The Morgan fingerprint density at radius 3 is 3.00 bits per heavy atom. The van der Waals surface area contributed by atoms with E-state index in [0.29, 0.717) is 5.56 Å². The van der Waals surface area contributed by atoms with Crippen molar-refractivity contribution in [3.8, 4) is 0 Å². The second-order valence-corrected chi connectivity index (χ2v) is 6.41.